The number of benzene rings is 1. The van der Waals surface area contributed by atoms with Gasteiger partial charge in [0, 0.05) is 18.0 Å². The Morgan fingerprint density at radius 3 is 2.50 bits per heavy atom. The van der Waals surface area contributed by atoms with Gasteiger partial charge in [-0.1, -0.05) is 12.1 Å². The molecule has 0 atom stereocenters. The number of alkyl halides is 3. The summed E-state index contributed by atoms with van der Waals surface area (Å²) >= 11 is 1.56. The fraction of sp³-hybridized carbons (Fsp3) is 0.143. The van der Waals surface area contributed by atoms with Gasteiger partial charge in [-0.2, -0.15) is 13.2 Å². The summed E-state index contributed by atoms with van der Waals surface area (Å²) in [6.07, 6.45) is -0.582. The highest BCUT2D eigenvalue weighted by molar-refractivity contribution is 8.02. The number of hydrogen-bond donors (Lipinski definition) is 0. The van der Waals surface area contributed by atoms with E-state index >= 15 is 0 Å². The lowest BCUT2D eigenvalue weighted by molar-refractivity contribution is -0.137. The van der Waals surface area contributed by atoms with Gasteiger partial charge in [-0.05, 0) is 29.7 Å². The number of nitrogens with zero attached hydrogens (tertiary/aromatic N) is 2. The second-order valence-electron chi connectivity index (χ2n) is 4.34. The summed E-state index contributed by atoms with van der Waals surface area (Å²) in [5.41, 5.74) is 0.719. The molecule has 1 aromatic heterocycles. The lowest BCUT2D eigenvalue weighted by Gasteiger charge is -2.23. The predicted molar refractivity (Wildman–Crippen MR) is 74.5 cm³/mol. The van der Waals surface area contributed by atoms with Crippen LogP contribution in [0.2, 0.25) is 0 Å². The molecule has 0 unspecified atom stereocenters. The first-order valence-corrected chi connectivity index (χ1v) is 7.01. The van der Waals surface area contributed by atoms with Gasteiger partial charge in [-0.15, -0.1) is 11.8 Å². The SMILES string of the molecule is FC(F)(F)c1cccc(C2=CSCN2n2cccc2)c1. The quantitative estimate of drug-likeness (QED) is 0.822. The summed E-state index contributed by atoms with van der Waals surface area (Å²) in [7, 11) is 0. The van der Waals surface area contributed by atoms with Gasteiger partial charge in [0.1, 0.15) is 0 Å². The van der Waals surface area contributed by atoms with Crippen molar-refractivity contribution in [3.05, 3.63) is 65.3 Å². The third-order valence-electron chi connectivity index (χ3n) is 3.02. The highest BCUT2D eigenvalue weighted by Crippen LogP contribution is 2.34. The van der Waals surface area contributed by atoms with Gasteiger partial charge in [-0.25, -0.2) is 0 Å². The zero-order chi connectivity index (χ0) is 14.2. The molecule has 0 saturated heterocycles. The number of rotatable bonds is 2. The molecule has 2 aromatic rings. The highest BCUT2D eigenvalue weighted by Gasteiger charge is 2.31. The summed E-state index contributed by atoms with van der Waals surface area (Å²) < 4.78 is 40.2. The van der Waals surface area contributed by atoms with E-state index in [2.05, 4.69) is 0 Å². The van der Waals surface area contributed by atoms with Crippen LogP contribution in [0.3, 0.4) is 0 Å². The molecule has 0 saturated carbocycles. The van der Waals surface area contributed by atoms with E-state index in [-0.39, 0.29) is 0 Å². The van der Waals surface area contributed by atoms with Crippen molar-refractivity contribution in [2.45, 2.75) is 6.18 Å². The third kappa shape index (κ3) is 2.43. The van der Waals surface area contributed by atoms with Crippen LogP contribution in [0.15, 0.2) is 54.2 Å². The average Bonchev–Trinajstić information content (AvgIpc) is 3.08. The normalized spacial score (nSPS) is 15.6. The second-order valence-corrected chi connectivity index (χ2v) is 5.17. The minimum Gasteiger partial charge on any atom is -0.270 e. The Bertz CT molecular complexity index is 632. The summed E-state index contributed by atoms with van der Waals surface area (Å²) in [6, 6.07) is 9.18. The summed E-state index contributed by atoms with van der Waals surface area (Å²) in [6.45, 7) is 0. The van der Waals surface area contributed by atoms with Gasteiger partial charge in [0.15, 0.2) is 0 Å². The Kier molecular flexibility index (Phi) is 3.25. The molecule has 2 nitrogen and oxygen atoms in total. The monoisotopic (exact) mass is 296 g/mol. The Morgan fingerprint density at radius 1 is 1.05 bits per heavy atom. The van der Waals surface area contributed by atoms with Crippen molar-refractivity contribution in [2.75, 3.05) is 10.9 Å². The maximum Gasteiger partial charge on any atom is 0.416 e. The molecule has 1 aliphatic heterocycles. The number of thioether (sulfide) groups is 1. The van der Waals surface area contributed by atoms with E-state index < -0.39 is 11.7 Å². The van der Waals surface area contributed by atoms with Gasteiger partial charge in [0.05, 0.1) is 17.1 Å². The molecule has 3 rings (SSSR count). The summed E-state index contributed by atoms with van der Waals surface area (Å²) in [5, 5.41) is 3.82. The Labute approximate surface area is 118 Å². The molecule has 0 amide bonds. The standard InChI is InChI=1S/C14H11F3N2S/c15-14(16,17)12-5-3-4-11(8-12)13-9-20-10-19(13)18-6-1-2-7-18/h1-9H,10H2. The topological polar surface area (TPSA) is 8.17 Å². The summed E-state index contributed by atoms with van der Waals surface area (Å²) in [5.74, 6) is 0.681. The van der Waals surface area contributed by atoms with Gasteiger partial charge in [-0.3, -0.25) is 9.69 Å². The number of aromatic nitrogens is 1. The predicted octanol–water partition coefficient (Wildman–Crippen LogP) is 4.15. The van der Waals surface area contributed by atoms with Crippen LogP contribution >= 0.6 is 11.8 Å². The first kappa shape index (κ1) is 13.2. The maximum absolute atomic E-state index is 12.8. The Hall–Kier alpha value is -1.82. The van der Waals surface area contributed by atoms with Crippen molar-refractivity contribution in [1.29, 1.82) is 0 Å². The Balaban J connectivity index is 1.97. The van der Waals surface area contributed by atoms with Crippen LogP contribution in [0.1, 0.15) is 11.1 Å². The molecule has 0 spiro atoms. The molecule has 104 valence electrons. The van der Waals surface area contributed by atoms with Gasteiger partial charge >= 0.3 is 6.18 Å². The van der Waals surface area contributed by atoms with E-state index in [0.29, 0.717) is 11.4 Å². The minimum absolute atomic E-state index is 0.568. The van der Waals surface area contributed by atoms with Crippen molar-refractivity contribution < 1.29 is 13.2 Å². The Morgan fingerprint density at radius 2 is 1.80 bits per heavy atom. The molecule has 20 heavy (non-hydrogen) atoms. The fourth-order valence-electron chi connectivity index (χ4n) is 2.07. The van der Waals surface area contributed by atoms with Gasteiger partial charge in [0.25, 0.3) is 0 Å². The van der Waals surface area contributed by atoms with Crippen molar-refractivity contribution in [3.63, 3.8) is 0 Å². The zero-order valence-electron chi connectivity index (χ0n) is 10.3. The average molecular weight is 296 g/mol. The lowest BCUT2D eigenvalue weighted by atomic mass is 10.1. The number of hydrogen-bond acceptors (Lipinski definition) is 2. The van der Waals surface area contributed by atoms with Crippen LogP contribution in [0.25, 0.3) is 5.70 Å². The number of halogens is 3. The zero-order valence-corrected chi connectivity index (χ0v) is 11.2. The molecule has 1 aromatic carbocycles. The van der Waals surface area contributed by atoms with Crippen molar-refractivity contribution in [1.82, 2.24) is 4.68 Å². The van der Waals surface area contributed by atoms with Crippen LogP contribution < -0.4 is 5.01 Å². The molecule has 0 aliphatic carbocycles. The van der Waals surface area contributed by atoms with Crippen molar-refractivity contribution in [3.8, 4) is 0 Å². The van der Waals surface area contributed by atoms with E-state index in [4.69, 9.17) is 0 Å². The first-order valence-electron chi connectivity index (χ1n) is 5.96. The lowest BCUT2D eigenvalue weighted by Crippen LogP contribution is -2.28. The molecule has 0 radical (unpaired) electrons. The van der Waals surface area contributed by atoms with Crippen LogP contribution in [0.4, 0.5) is 13.2 Å². The van der Waals surface area contributed by atoms with E-state index in [9.17, 15) is 13.2 Å². The molecular formula is C14H11F3N2S. The van der Waals surface area contributed by atoms with E-state index in [1.165, 1.54) is 12.1 Å². The van der Waals surface area contributed by atoms with Gasteiger partial charge in [0.2, 0.25) is 0 Å². The minimum atomic E-state index is -4.32. The molecule has 0 bridgehead atoms. The fourth-order valence-corrected chi connectivity index (χ4v) is 2.97. The van der Waals surface area contributed by atoms with Crippen LogP contribution in [-0.4, -0.2) is 10.6 Å². The van der Waals surface area contributed by atoms with Gasteiger partial charge < -0.3 is 0 Å². The van der Waals surface area contributed by atoms with Crippen molar-refractivity contribution >= 4 is 17.5 Å². The van der Waals surface area contributed by atoms with Crippen LogP contribution in [-0.2, 0) is 6.18 Å². The molecule has 0 fully saturated rings. The van der Waals surface area contributed by atoms with Crippen LogP contribution in [0, 0.1) is 0 Å². The largest absolute Gasteiger partial charge is 0.416 e. The summed E-state index contributed by atoms with van der Waals surface area (Å²) in [4.78, 5) is 0. The molecule has 2 heterocycles. The second kappa shape index (κ2) is 4.94. The highest BCUT2D eigenvalue weighted by atomic mass is 32.2. The molecule has 6 heteroatoms. The smallest absolute Gasteiger partial charge is 0.270 e. The third-order valence-corrected chi connectivity index (χ3v) is 3.81. The van der Waals surface area contributed by atoms with E-state index in [1.807, 2.05) is 39.6 Å². The maximum atomic E-state index is 12.8. The first-order chi connectivity index (χ1) is 9.55. The van der Waals surface area contributed by atoms with Crippen molar-refractivity contribution in [2.24, 2.45) is 0 Å². The van der Waals surface area contributed by atoms with E-state index in [1.54, 1.807) is 17.8 Å². The molecule has 1 aliphatic rings. The van der Waals surface area contributed by atoms with E-state index in [0.717, 1.165) is 11.8 Å². The van der Waals surface area contributed by atoms with Crippen LogP contribution in [0.5, 0.6) is 0 Å². The molecular weight excluding hydrogens is 285 g/mol. The molecule has 0 N–H and O–H groups in total.